The first-order chi connectivity index (χ1) is 9.51. The second-order valence-electron chi connectivity index (χ2n) is 4.68. The van der Waals surface area contributed by atoms with E-state index in [1.807, 2.05) is 25.1 Å². The van der Waals surface area contributed by atoms with E-state index in [1.165, 1.54) is 12.1 Å². The second kappa shape index (κ2) is 6.55. The Hall–Kier alpha value is -1.13. The van der Waals surface area contributed by atoms with Gasteiger partial charge in [-0.25, -0.2) is 4.39 Å². The van der Waals surface area contributed by atoms with Gasteiger partial charge < -0.3 is 0 Å². The first-order valence-corrected chi connectivity index (χ1v) is 6.93. The lowest BCUT2D eigenvalue weighted by Crippen LogP contribution is -2.30. The molecule has 0 aliphatic heterocycles. The van der Waals surface area contributed by atoms with Crippen LogP contribution in [-0.2, 0) is 6.42 Å². The van der Waals surface area contributed by atoms with Crippen molar-refractivity contribution in [2.24, 2.45) is 5.84 Å². The molecule has 106 valence electrons. The molecule has 20 heavy (non-hydrogen) atoms. The van der Waals surface area contributed by atoms with E-state index in [-0.39, 0.29) is 5.82 Å². The fourth-order valence-electron chi connectivity index (χ4n) is 2.08. The molecule has 0 saturated carbocycles. The lowest BCUT2D eigenvalue weighted by atomic mass is 9.98. The van der Waals surface area contributed by atoms with Gasteiger partial charge in [0, 0.05) is 15.6 Å². The minimum atomic E-state index is -0.395. The van der Waals surface area contributed by atoms with Gasteiger partial charge in [-0.3, -0.25) is 11.3 Å². The van der Waals surface area contributed by atoms with Crippen LogP contribution in [0, 0.1) is 12.7 Å². The van der Waals surface area contributed by atoms with E-state index >= 15 is 0 Å². The van der Waals surface area contributed by atoms with E-state index in [0.29, 0.717) is 22.0 Å². The van der Waals surface area contributed by atoms with Crippen LogP contribution in [0.4, 0.5) is 4.39 Å². The second-order valence-corrected chi connectivity index (χ2v) is 5.53. The maximum Gasteiger partial charge on any atom is 0.128 e. The molecule has 0 spiro atoms. The van der Waals surface area contributed by atoms with E-state index in [2.05, 4.69) is 5.43 Å². The number of nitrogens with two attached hydrogens (primary N) is 1. The van der Waals surface area contributed by atoms with E-state index in [0.717, 1.165) is 11.1 Å². The van der Waals surface area contributed by atoms with Crippen molar-refractivity contribution in [1.29, 1.82) is 0 Å². The Morgan fingerprint density at radius 2 is 1.95 bits per heavy atom. The third-order valence-corrected chi connectivity index (χ3v) is 3.75. The third-order valence-electron chi connectivity index (χ3n) is 3.17. The van der Waals surface area contributed by atoms with Crippen molar-refractivity contribution >= 4 is 23.2 Å². The number of hydrazine groups is 1. The van der Waals surface area contributed by atoms with Crippen LogP contribution in [0.5, 0.6) is 0 Å². The summed E-state index contributed by atoms with van der Waals surface area (Å²) < 4.78 is 13.9. The number of aryl methyl sites for hydroxylation is 1. The smallest absolute Gasteiger partial charge is 0.128 e. The number of rotatable bonds is 4. The van der Waals surface area contributed by atoms with Crippen LogP contribution in [-0.4, -0.2) is 0 Å². The maximum absolute atomic E-state index is 13.9. The van der Waals surface area contributed by atoms with Crippen molar-refractivity contribution in [3.8, 4) is 0 Å². The van der Waals surface area contributed by atoms with Gasteiger partial charge in [-0.05, 0) is 48.7 Å². The quantitative estimate of drug-likeness (QED) is 0.656. The molecule has 0 aliphatic rings. The van der Waals surface area contributed by atoms with Crippen LogP contribution in [0.2, 0.25) is 10.0 Å². The Kier molecular flexibility index (Phi) is 5.00. The van der Waals surface area contributed by atoms with Gasteiger partial charge >= 0.3 is 0 Å². The number of hydrogen-bond acceptors (Lipinski definition) is 2. The van der Waals surface area contributed by atoms with Crippen molar-refractivity contribution in [2.75, 3.05) is 0 Å². The summed E-state index contributed by atoms with van der Waals surface area (Å²) in [5, 5.41) is 1.12. The van der Waals surface area contributed by atoms with Gasteiger partial charge in [-0.1, -0.05) is 35.3 Å². The van der Waals surface area contributed by atoms with Crippen molar-refractivity contribution in [1.82, 2.24) is 5.43 Å². The molecule has 0 amide bonds. The molecule has 0 fully saturated rings. The van der Waals surface area contributed by atoms with Gasteiger partial charge in [0.2, 0.25) is 0 Å². The van der Waals surface area contributed by atoms with Gasteiger partial charge in [0.05, 0.1) is 6.04 Å². The van der Waals surface area contributed by atoms with E-state index in [4.69, 9.17) is 29.0 Å². The summed E-state index contributed by atoms with van der Waals surface area (Å²) >= 11 is 12.1. The maximum atomic E-state index is 13.9. The fraction of sp³-hybridized carbons (Fsp3) is 0.200. The Morgan fingerprint density at radius 3 is 2.60 bits per heavy atom. The summed E-state index contributed by atoms with van der Waals surface area (Å²) in [6.45, 7) is 1.96. The van der Waals surface area contributed by atoms with Gasteiger partial charge in [0.1, 0.15) is 5.82 Å². The van der Waals surface area contributed by atoms with Gasteiger partial charge in [-0.15, -0.1) is 0 Å². The zero-order valence-corrected chi connectivity index (χ0v) is 12.5. The summed E-state index contributed by atoms with van der Waals surface area (Å²) in [4.78, 5) is 0. The summed E-state index contributed by atoms with van der Waals surface area (Å²) in [5.74, 6) is 5.20. The van der Waals surface area contributed by atoms with Gasteiger partial charge in [0.15, 0.2) is 0 Å². The molecule has 2 aromatic rings. The summed E-state index contributed by atoms with van der Waals surface area (Å²) in [6.07, 6.45) is 0.479. The van der Waals surface area contributed by atoms with Crippen molar-refractivity contribution in [3.05, 3.63) is 69.0 Å². The standard InChI is InChI=1S/C15H15Cl2FN2/c1-9-2-3-10(13(17)6-9)7-15(20-19)12-8-11(16)4-5-14(12)18/h2-6,8,15,20H,7,19H2,1H3. The van der Waals surface area contributed by atoms with Crippen molar-refractivity contribution in [3.63, 3.8) is 0 Å². The average molecular weight is 313 g/mol. The van der Waals surface area contributed by atoms with E-state index in [1.54, 1.807) is 6.07 Å². The molecule has 0 aliphatic carbocycles. The highest BCUT2D eigenvalue weighted by Gasteiger charge is 2.17. The highest BCUT2D eigenvalue weighted by molar-refractivity contribution is 6.31. The predicted molar refractivity (Wildman–Crippen MR) is 81.4 cm³/mol. The first-order valence-electron chi connectivity index (χ1n) is 6.17. The SMILES string of the molecule is Cc1ccc(CC(NN)c2cc(Cl)ccc2F)c(Cl)c1. The molecule has 3 N–H and O–H groups in total. The zero-order valence-electron chi connectivity index (χ0n) is 11.0. The summed E-state index contributed by atoms with van der Waals surface area (Å²) in [7, 11) is 0. The van der Waals surface area contributed by atoms with Crippen LogP contribution in [0.3, 0.4) is 0 Å². The van der Waals surface area contributed by atoms with Crippen LogP contribution >= 0.6 is 23.2 Å². The minimum absolute atomic E-state index is 0.347. The average Bonchev–Trinajstić information content (AvgIpc) is 2.41. The Labute approximate surface area is 127 Å². The summed E-state index contributed by atoms with van der Waals surface area (Å²) in [6, 6.07) is 9.77. The van der Waals surface area contributed by atoms with Crippen molar-refractivity contribution < 1.29 is 4.39 Å². The van der Waals surface area contributed by atoms with E-state index < -0.39 is 6.04 Å². The normalized spacial score (nSPS) is 12.4. The van der Waals surface area contributed by atoms with Crippen molar-refractivity contribution in [2.45, 2.75) is 19.4 Å². The Bertz CT molecular complexity index is 617. The zero-order chi connectivity index (χ0) is 14.7. The largest absolute Gasteiger partial charge is 0.271 e. The highest BCUT2D eigenvalue weighted by atomic mass is 35.5. The molecule has 0 bridgehead atoms. The number of benzene rings is 2. The molecule has 2 aromatic carbocycles. The number of halogens is 3. The molecule has 2 rings (SSSR count). The monoisotopic (exact) mass is 312 g/mol. The topological polar surface area (TPSA) is 38.0 Å². The molecule has 0 saturated heterocycles. The molecule has 2 nitrogen and oxygen atoms in total. The molecule has 1 atom stereocenters. The predicted octanol–water partition coefficient (Wildman–Crippen LogP) is 4.19. The number of hydrogen-bond donors (Lipinski definition) is 2. The van der Waals surface area contributed by atoms with Gasteiger partial charge in [-0.2, -0.15) is 0 Å². The molecule has 1 unspecified atom stereocenters. The molecule has 5 heteroatoms. The summed E-state index contributed by atoms with van der Waals surface area (Å²) in [5.41, 5.74) is 5.02. The van der Waals surface area contributed by atoms with Crippen LogP contribution in [0.15, 0.2) is 36.4 Å². The lowest BCUT2D eigenvalue weighted by molar-refractivity contribution is 0.510. The lowest BCUT2D eigenvalue weighted by Gasteiger charge is -2.18. The Morgan fingerprint density at radius 1 is 1.20 bits per heavy atom. The molecular weight excluding hydrogens is 298 g/mol. The van der Waals surface area contributed by atoms with Crippen LogP contribution in [0.1, 0.15) is 22.7 Å². The first kappa shape index (κ1) is 15.3. The highest BCUT2D eigenvalue weighted by Crippen LogP contribution is 2.27. The van der Waals surface area contributed by atoms with Crippen LogP contribution in [0.25, 0.3) is 0 Å². The van der Waals surface area contributed by atoms with Crippen LogP contribution < -0.4 is 11.3 Å². The van der Waals surface area contributed by atoms with Gasteiger partial charge in [0.25, 0.3) is 0 Å². The molecule has 0 heterocycles. The molecule has 0 aromatic heterocycles. The fourth-order valence-corrected chi connectivity index (χ4v) is 2.57. The number of nitrogens with one attached hydrogen (secondary N) is 1. The molecular formula is C15H15Cl2FN2. The minimum Gasteiger partial charge on any atom is -0.271 e. The molecule has 0 radical (unpaired) electrons. The third kappa shape index (κ3) is 3.49. The van der Waals surface area contributed by atoms with E-state index in [9.17, 15) is 4.39 Å². The Balaban J connectivity index is 2.31.